The molecule has 0 bridgehead atoms. The van der Waals surface area contributed by atoms with E-state index in [9.17, 15) is 4.79 Å². The molecule has 2 aliphatic rings. The number of aliphatic carboxylic acids is 1. The van der Waals surface area contributed by atoms with Gasteiger partial charge in [-0.2, -0.15) is 5.26 Å². The van der Waals surface area contributed by atoms with Crippen LogP contribution in [0.15, 0.2) is 24.3 Å². The van der Waals surface area contributed by atoms with E-state index in [1.165, 1.54) is 30.9 Å². The van der Waals surface area contributed by atoms with Crippen molar-refractivity contribution < 1.29 is 9.90 Å². The fraction of sp³-hybridized carbons (Fsp3) is 0.429. The van der Waals surface area contributed by atoms with Crippen LogP contribution in [0.4, 0.5) is 0 Å². The molecule has 0 aliphatic heterocycles. The number of nitrogens with zero attached hydrogens (tertiary/aromatic N) is 1. The molecule has 0 saturated carbocycles. The van der Waals surface area contributed by atoms with Crippen molar-refractivity contribution in [1.82, 2.24) is 0 Å². The van der Waals surface area contributed by atoms with Crippen molar-refractivity contribution in [3.05, 3.63) is 24.3 Å². The molecule has 0 aromatic rings. The molecule has 98 valence electrons. The van der Waals surface area contributed by atoms with Gasteiger partial charge in [-0.1, -0.05) is 37.6 Å². The molecule has 0 aromatic heterocycles. The van der Waals surface area contributed by atoms with Gasteiger partial charge in [0.05, 0.1) is 6.07 Å². The Balaban J connectivity index is 0.000000244. The number of benzene rings is 1. The fourth-order valence-electron chi connectivity index (χ4n) is 0.922. The number of rotatable bonds is 3. The summed E-state index contributed by atoms with van der Waals surface area (Å²) < 4.78 is 0. The van der Waals surface area contributed by atoms with E-state index in [1.807, 2.05) is 0 Å². The summed E-state index contributed by atoms with van der Waals surface area (Å²) in [5.41, 5.74) is 7.99. The molecule has 0 spiro atoms. The first-order valence-electron chi connectivity index (χ1n) is 5.99. The molecule has 0 radical (unpaired) electrons. The lowest BCUT2D eigenvalue weighted by Crippen LogP contribution is -2.05. The second kappa shape index (κ2) is 9.20. The number of nitrogens with two attached hydrogens (primary N) is 1. The summed E-state index contributed by atoms with van der Waals surface area (Å²) in [6, 6.07) is 10.0. The Kier molecular flexibility index (Phi) is 8.25. The van der Waals surface area contributed by atoms with E-state index < -0.39 is 11.9 Å². The first-order valence-corrected chi connectivity index (χ1v) is 5.99. The van der Waals surface area contributed by atoms with Crippen molar-refractivity contribution in [2.75, 3.05) is 6.54 Å². The van der Waals surface area contributed by atoms with E-state index >= 15 is 0 Å². The van der Waals surface area contributed by atoms with Crippen molar-refractivity contribution in [2.24, 2.45) is 11.7 Å². The number of nitriles is 1. The number of carbonyl (C=O) groups is 1. The summed E-state index contributed by atoms with van der Waals surface area (Å²) >= 11 is 0. The van der Waals surface area contributed by atoms with Crippen LogP contribution in [0.25, 0.3) is 11.1 Å². The maximum Gasteiger partial charge on any atom is 0.320 e. The molecule has 0 amide bonds. The Bertz CT molecular complexity index is 370. The lowest BCUT2D eigenvalue weighted by Gasteiger charge is -2.10. The van der Waals surface area contributed by atoms with Gasteiger partial charge in [0.15, 0.2) is 0 Å². The molecule has 4 nitrogen and oxygen atoms in total. The standard InChI is InChI=1S/C6H4.C4H5NO2.C4H11N/c1-2-6-4-3-5(1)6;1-3(2-5)4(6)7;1-2-3-4-5/h1-4H;3H,1H3,(H,6,7);2-5H2,1H3. The van der Waals surface area contributed by atoms with Gasteiger partial charge in [0.2, 0.25) is 0 Å². The van der Waals surface area contributed by atoms with Crippen LogP contribution < -0.4 is 5.73 Å². The molecule has 0 saturated heterocycles. The minimum Gasteiger partial charge on any atom is -0.480 e. The largest absolute Gasteiger partial charge is 0.480 e. The number of carboxylic acid groups (broad SMARTS) is 1. The minimum atomic E-state index is -1.07. The van der Waals surface area contributed by atoms with E-state index in [-0.39, 0.29) is 0 Å². The van der Waals surface area contributed by atoms with Crippen LogP contribution >= 0.6 is 0 Å². The number of hydrogen-bond donors (Lipinski definition) is 2. The highest BCUT2D eigenvalue weighted by molar-refractivity contribution is 5.75. The molecule has 2 rings (SSSR count). The van der Waals surface area contributed by atoms with Gasteiger partial charge in [-0.3, -0.25) is 4.79 Å². The van der Waals surface area contributed by atoms with Crippen LogP contribution in [0.1, 0.15) is 26.7 Å². The van der Waals surface area contributed by atoms with Gasteiger partial charge in [0.25, 0.3) is 0 Å². The van der Waals surface area contributed by atoms with E-state index in [4.69, 9.17) is 16.1 Å². The normalized spacial score (nSPS) is 10.8. The average Bonchev–Trinajstić information content (AvgIpc) is 2.35. The minimum absolute atomic E-state index is 0.844. The predicted octanol–water partition coefficient (Wildman–Crippen LogP) is 2.64. The topological polar surface area (TPSA) is 87.1 Å². The summed E-state index contributed by atoms with van der Waals surface area (Å²) in [6.45, 7) is 4.31. The van der Waals surface area contributed by atoms with Crippen LogP contribution in [-0.2, 0) is 4.79 Å². The Hall–Kier alpha value is -1.86. The average molecular weight is 248 g/mol. The number of hydrogen-bond acceptors (Lipinski definition) is 3. The summed E-state index contributed by atoms with van der Waals surface area (Å²) in [4.78, 5) is 9.71. The Morgan fingerprint density at radius 1 is 1.39 bits per heavy atom. The van der Waals surface area contributed by atoms with Crippen molar-refractivity contribution in [3.8, 4) is 17.2 Å². The van der Waals surface area contributed by atoms with Gasteiger partial charge < -0.3 is 10.8 Å². The summed E-state index contributed by atoms with van der Waals surface area (Å²) in [5.74, 6) is -1.94. The van der Waals surface area contributed by atoms with E-state index in [2.05, 4.69) is 31.2 Å². The number of carboxylic acids is 1. The summed E-state index contributed by atoms with van der Waals surface area (Å²) in [5, 5.41) is 15.8. The van der Waals surface area contributed by atoms with Gasteiger partial charge >= 0.3 is 5.97 Å². The van der Waals surface area contributed by atoms with Gasteiger partial charge in [-0.25, -0.2) is 0 Å². The highest BCUT2D eigenvalue weighted by atomic mass is 16.4. The molecule has 3 N–H and O–H groups in total. The zero-order valence-electron chi connectivity index (χ0n) is 10.9. The molecular weight excluding hydrogens is 228 g/mol. The van der Waals surface area contributed by atoms with E-state index in [0.717, 1.165) is 6.54 Å². The first kappa shape index (κ1) is 16.1. The molecule has 2 aliphatic carbocycles. The highest BCUT2D eigenvalue weighted by Gasteiger charge is 2.06. The molecule has 1 unspecified atom stereocenters. The quantitative estimate of drug-likeness (QED) is 0.874. The third kappa shape index (κ3) is 6.02. The predicted molar refractivity (Wildman–Crippen MR) is 71.8 cm³/mol. The van der Waals surface area contributed by atoms with Crippen LogP contribution in [0.5, 0.6) is 0 Å². The summed E-state index contributed by atoms with van der Waals surface area (Å²) in [6.07, 6.45) is 2.39. The summed E-state index contributed by atoms with van der Waals surface area (Å²) in [7, 11) is 0. The van der Waals surface area contributed by atoms with Gasteiger partial charge in [0, 0.05) is 0 Å². The van der Waals surface area contributed by atoms with Crippen LogP contribution in [0, 0.1) is 17.2 Å². The monoisotopic (exact) mass is 248 g/mol. The van der Waals surface area contributed by atoms with Gasteiger partial charge in [-0.15, -0.1) is 0 Å². The van der Waals surface area contributed by atoms with Crippen LogP contribution in [-0.4, -0.2) is 17.6 Å². The van der Waals surface area contributed by atoms with Crippen molar-refractivity contribution in [3.63, 3.8) is 0 Å². The molecule has 0 fully saturated rings. The van der Waals surface area contributed by atoms with E-state index in [0.29, 0.717) is 0 Å². The second-order valence-electron chi connectivity index (χ2n) is 3.91. The fourth-order valence-corrected chi connectivity index (χ4v) is 0.922. The van der Waals surface area contributed by atoms with Gasteiger partial charge in [0.1, 0.15) is 5.92 Å². The Morgan fingerprint density at radius 3 is 1.83 bits per heavy atom. The molecule has 18 heavy (non-hydrogen) atoms. The maximum absolute atomic E-state index is 9.71. The highest BCUT2D eigenvalue weighted by Crippen LogP contribution is 2.29. The molecule has 4 heteroatoms. The number of fused-ring (bicyclic) bond motifs is 1. The molecule has 0 aromatic carbocycles. The first-order chi connectivity index (χ1) is 8.56. The number of unbranched alkanes of at least 4 members (excludes halogenated alkanes) is 1. The lowest BCUT2D eigenvalue weighted by molar-refractivity contribution is -0.139. The van der Waals surface area contributed by atoms with E-state index in [1.54, 1.807) is 6.07 Å². The Morgan fingerprint density at radius 2 is 1.83 bits per heavy atom. The van der Waals surface area contributed by atoms with Crippen molar-refractivity contribution in [2.45, 2.75) is 26.7 Å². The molecule has 0 heterocycles. The smallest absolute Gasteiger partial charge is 0.320 e. The van der Waals surface area contributed by atoms with Gasteiger partial charge in [-0.05, 0) is 31.0 Å². The van der Waals surface area contributed by atoms with Crippen LogP contribution in [0.3, 0.4) is 0 Å². The van der Waals surface area contributed by atoms with Crippen LogP contribution in [0.2, 0.25) is 0 Å². The second-order valence-corrected chi connectivity index (χ2v) is 3.91. The van der Waals surface area contributed by atoms with Crippen molar-refractivity contribution >= 4 is 5.97 Å². The maximum atomic E-state index is 9.71. The molecule has 1 atom stereocenters. The SMILES string of the molecule is CC(C#N)C(=O)O.CCCCN.c1cc2ccc1-2. The third-order valence-electron chi connectivity index (χ3n) is 2.34. The van der Waals surface area contributed by atoms with Crippen molar-refractivity contribution in [1.29, 1.82) is 5.26 Å². The lowest BCUT2D eigenvalue weighted by atomic mass is 9.95. The molecular formula is C14H20N2O2. The zero-order valence-corrected chi connectivity index (χ0v) is 10.9. The zero-order chi connectivity index (χ0) is 14.0. The Labute approximate surface area is 108 Å². The third-order valence-corrected chi connectivity index (χ3v) is 2.34.